The highest BCUT2D eigenvalue weighted by atomic mass is 127. The average Bonchev–Trinajstić information content (AvgIpc) is 3.13. The number of hydrogen-bond donors (Lipinski definition) is 2. The summed E-state index contributed by atoms with van der Waals surface area (Å²) in [4.78, 5) is 4.38. The standard InChI is InChI=1S/C21H25N5O.HI/c1-16(2)27-20-10-8-18(9-11-20)25-21(22)23-13-12-17-14-24-26(15-17)19-6-4-3-5-7-19;/h3-11,14-16H,12-13H2,1-2H3,(H3,22,23,25);1H. The monoisotopic (exact) mass is 491 g/mol. The van der Waals surface area contributed by atoms with Gasteiger partial charge in [-0.1, -0.05) is 18.2 Å². The summed E-state index contributed by atoms with van der Waals surface area (Å²) in [6, 6.07) is 17.7. The van der Waals surface area contributed by atoms with E-state index in [0.29, 0.717) is 12.5 Å². The maximum atomic E-state index is 5.97. The van der Waals surface area contributed by atoms with Crippen molar-refractivity contribution in [3.8, 4) is 11.4 Å². The van der Waals surface area contributed by atoms with Crippen LogP contribution < -0.4 is 15.8 Å². The fourth-order valence-corrected chi connectivity index (χ4v) is 2.59. The quantitative estimate of drug-likeness (QED) is 0.295. The molecule has 2 aromatic carbocycles. The molecule has 0 unspecified atom stereocenters. The molecule has 3 aromatic rings. The van der Waals surface area contributed by atoms with Gasteiger partial charge >= 0.3 is 0 Å². The van der Waals surface area contributed by atoms with Crippen LogP contribution in [0.1, 0.15) is 19.4 Å². The van der Waals surface area contributed by atoms with E-state index >= 15 is 0 Å². The molecule has 1 aromatic heterocycles. The molecule has 0 radical (unpaired) electrons. The van der Waals surface area contributed by atoms with E-state index in [-0.39, 0.29) is 30.1 Å². The first-order valence-corrected chi connectivity index (χ1v) is 9.03. The van der Waals surface area contributed by atoms with Crippen LogP contribution in [0.15, 0.2) is 72.0 Å². The summed E-state index contributed by atoms with van der Waals surface area (Å²) in [5.74, 6) is 1.23. The van der Waals surface area contributed by atoms with E-state index in [4.69, 9.17) is 10.5 Å². The lowest BCUT2D eigenvalue weighted by molar-refractivity contribution is 0.242. The van der Waals surface area contributed by atoms with Crippen LogP contribution in [0.5, 0.6) is 5.75 Å². The van der Waals surface area contributed by atoms with Crippen molar-refractivity contribution in [3.63, 3.8) is 0 Å². The van der Waals surface area contributed by atoms with Crippen molar-refractivity contribution >= 4 is 35.6 Å². The molecule has 0 aliphatic rings. The van der Waals surface area contributed by atoms with Crippen LogP contribution in [-0.4, -0.2) is 28.4 Å². The number of halogens is 1. The molecule has 0 spiro atoms. The number of nitrogens with two attached hydrogens (primary N) is 1. The molecule has 148 valence electrons. The molecule has 3 rings (SSSR count). The van der Waals surface area contributed by atoms with E-state index in [1.165, 1.54) is 0 Å². The predicted octanol–water partition coefficient (Wildman–Crippen LogP) is 4.25. The molecule has 0 saturated heterocycles. The van der Waals surface area contributed by atoms with Gasteiger partial charge in [0.2, 0.25) is 0 Å². The maximum Gasteiger partial charge on any atom is 0.193 e. The van der Waals surface area contributed by atoms with E-state index in [2.05, 4.69) is 15.4 Å². The number of aromatic nitrogens is 2. The molecule has 7 heteroatoms. The molecule has 0 saturated carbocycles. The van der Waals surface area contributed by atoms with Crippen molar-refractivity contribution in [2.75, 3.05) is 11.9 Å². The number of para-hydroxylation sites is 1. The second kappa shape index (κ2) is 10.7. The van der Waals surface area contributed by atoms with Gasteiger partial charge in [0.15, 0.2) is 5.96 Å². The normalized spacial score (nSPS) is 11.2. The zero-order valence-corrected chi connectivity index (χ0v) is 18.4. The maximum absolute atomic E-state index is 5.97. The van der Waals surface area contributed by atoms with Crippen LogP contribution in [-0.2, 0) is 6.42 Å². The first-order valence-electron chi connectivity index (χ1n) is 9.03. The van der Waals surface area contributed by atoms with Crippen molar-refractivity contribution in [1.82, 2.24) is 9.78 Å². The summed E-state index contributed by atoms with van der Waals surface area (Å²) in [6.45, 7) is 4.59. The van der Waals surface area contributed by atoms with Gasteiger partial charge in [0.25, 0.3) is 0 Å². The molecule has 0 amide bonds. The number of rotatable bonds is 7. The Labute approximate surface area is 182 Å². The lowest BCUT2D eigenvalue weighted by Gasteiger charge is -2.10. The summed E-state index contributed by atoms with van der Waals surface area (Å²) in [5.41, 5.74) is 9.01. The lowest BCUT2D eigenvalue weighted by atomic mass is 10.2. The second-order valence-electron chi connectivity index (χ2n) is 6.46. The fraction of sp³-hybridized carbons (Fsp3) is 0.238. The highest BCUT2D eigenvalue weighted by Gasteiger charge is 2.02. The fourth-order valence-electron chi connectivity index (χ4n) is 2.59. The molecule has 0 aliphatic carbocycles. The molecular formula is C21H26IN5O. The van der Waals surface area contributed by atoms with Gasteiger partial charge in [-0.15, -0.1) is 24.0 Å². The Morgan fingerprint density at radius 2 is 1.86 bits per heavy atom. The molecule has 1 heterocycles. The van der Waals surface area contributed by atoms with Crippen LogP contribution in [0.3, 0.4) is 0 Å². The largest absolute Gasteiger partial charge is 0.491 e. The first kappa shape index (κ1) is 21.7. The molecular weight excluding hydrogens is 465 g/mol. The molecule has 28 heavy (non-hydrogen) atoms. The van der Waals surface area contributed by atoms with Gasteiger partial charge < -0.3 is 15.8 Å². The molecule has 0 aliphatic heterocycles. The molecule has 0 atom stereocenters. The number of anilines is 1. The van der Waals surface area contributed by atoms with Crippen molar-refractivity contribution in [1.29, 1.82) is 0 Å². The third kappa shape index (κ3) is 6.56. The van der Waals surface area contributed by atoms with E-state index in [0.717, 1.165) is 29.1 Å². The van der Waals surface area contributed by atoms with Crippen LogP contribution in [0, 0.1) is 0 Å². The smallest absolute Gasteiger partial charge is 0.193 e. The summed E-state index contributed by atoms with van der Waals surface area (Å²) >= 11 is 0. The minimum absolute atomic E-state index is 0. The van der Waals surface area contributed by atoms with Gasteiger partial charge in [-0.3, -0.25) is 4.99 Å². The third-order valence-electron chi connectivity index (χ3n) is 3.84. The van der Waals surface area contributed by atoms with Gasteiger partial charge in [-0.25, -0.2) is 4.68 Å². The Morgan fingerprint density at radius 1 is 1.14 bits per heavy atom. The van der Waals surface area contributed by atoms with E-state index in [1.807, 2.05) is 85.5 Å². The van der Waals surface area contributed by atoms with Crippen LogP contribution in [0.2, 0.25) is 0 Å². The van der Waals surface area contributed by atoms with Crippen molar-refractivity contribution in [2.24, 2.45) is 10.7 Å². The van der Waals surface area contributed by atoms with Crippen molar-refractivity contribution in [2.45, 2.75) is 26.4 Å². The Morgan fingerprint density at radius 3 is 2.54 bits per heavy atom. The minimum atomic E-state index is 0. The molecule has 0 fully saturated rings. The molecule has 0 bridgehead atoms. The number of hydrogen-bond acceptors (Lipinski definition) is 3. The van der Waals surface area contributed by atoms with E-state index in [1.54, 1.807) is 0 Å². The summed E-state index contributed by atoms with van der Waals surface area (Å²) < 4.78 is 7.49. The number of aliphatic imine (C=N–C) groups is 1. The highest BCUT2D eigenvalue weighted by molar-refractivity contribution is 14.0. The van der Waals surface area contributed by atoms with Crippen molar-refractivity contribution in [3.05, 3.63) is 72.6 Å². The van der Waals surface area contributed by atoms with Gasteiger partial charge in [0.1, 0.15) is 5.75 Å². The van der Waals surface area contributed by atoms with Crippen LogP contribution in [0.4, 0.5) is 5.69 Å². The van der Waals surface area contributed by atoms with Gasteiger partial charge in [-0.2, -0.15) is 5.10 Å². The van der Waals surface area contributed by atoms with Crippen LogP contribution in [0.25, 0.3) is 5.69 Å². The topological polar surface area (TPSA) is 77.5 Å². The third-order valence-corrected chi connectivity index (χ3v) is 3.84. The lowest BCUT2D eigenvalue weighted by Crippen LogP contribution is -2.23. The predicted molar refractivity (Wildman–Crippen MR) is 125 cm³/mol. The first-order chi connectivity index (χ1) is 13.1. The van der Waals surface area contributed by atoms with Crippen LogP contribution >= 0.6 is 24.0 Å². The van der Waals surface area contributed by atoms with Gasteiger partial charge in [-0.05, 0) is 62.2 Å². The molecule has 6 nitrogen and oxygen atoms in total. The summed E-state index contributed by atoms with van der Waals surface area (Å²) in [6.07, 6.45) is 4.81. The second-order valence-corrected chi connectivity index (χ2v) is 6.46. The zero-order valence-electron chi connectivity index (χ0n) is 16.1. The Hall–Kier alpha value is -2.55. The Balaban J connectivity index is 0.00000280. The average molecular weight is 491 g/mol. The number of nitrogens with zero attached hydrogens (tertiary/aromatic N) is 3. The molecule has 3 N–H and O–H groups in total. The number of ether oxygens (including phenoxy) is 1. The van der Waals surface area contributed by atoms with E-state index in [9.17, 15) is 0 Å². The SMILES string of the molecule is CC(C)Oc1ccc(NC(N)=NCCc2cnn(-c3ccccc3)c2)cc1.I. The minimum Gasteiger partial charge on any atom is -0.491 e. The summed E-state index contributed by atoms with van der Waals surface area (Å²) in [5, 5.41) is 7.48. The number of benzene rings is 2. The zero-order chi connectivity index (χ0) is 19.1. The number of guanidine groups is 1. The van der Waals surface area contributed by atoms with Gasteiger partial charge in [0.05, 0.1) is 18.0 Å². The Bertz CT molecular complexity index is 875. The van der Waals surface area contributed by atoms with E-state index < -0.39 is 0 Å². The van der Waals surface area contributed by atoms with Gasteiger partial charge in [0, 0.05) is 18.4 Å². The summed E-state index contributed by atoms with van der Waals surface area (Å²) in [7, 11) is 0. The number of nitrogens with one attached hydrogen (secondary N) is 1. The Kier molecular flexibility index (Phi) is 8.31. The van der Waals surface area contributed by atoms with Crippen molar-refractivity contribution < 1.29 is 4.74 Å². The highest BCUT2D eigenvalue weighted by Crippen LogP contribution is 2.16.